The van der Waals surface area contributed by atoms with Gasteiger partial charge in [0.2, 0.25) is 23.6 Å². The number of carbonyl (C=O) groups is 6. The minimum Gasteiger partial charge on any atom is -0.460 e. The molecule has 10 heterocycles. The molecule has 5 aliphatic heterocycles. The van der Waals surface area contributed by atoms with Crippen molar-refractivity contribution >= 4 is 86.8 Å². The number of amides is 3. The van der Waals surface area contributed by atoms with E-state index in [4.69, 9.17) is 49.5 Å². The molecule has 16 atom stereocenters. The maximum Gasteiger partial charge on any atom is 0.329 e. The first kappa shape index (κ1) is 96.0. The number of ether oxygens (including phenoxy) is 5. The number of nitrogens with two attached hydrogens (primary N) is 2. The Balaban J connectivity index is 0.601. The summed E-state index contributed by atoms with van der Waals surface area (Å²) in [5.74, 6) is -6.38. The smallest absolute Gasteiger partial charge is 0.329 e. The third kappa shape index (κ3) is 24.9. The number of anilines is 4. The lowest BCUT2D eigenvalue weighted by atomic mass is 9.78. The van der Waals surface area contributed by atoms with Gasteiger partial charge in [-0.25, -0.2) is 39.4 Å². The summed E-state index contributed by atoms with van der Waals surface area (Å²) in [5.41, 5.74) is 18.0. The number of piperazine rings is 2. The van der Waals surface area contributed by atoms with E-state index in [9.17, 15) is 49.2 Å². The van der Waals surface area contributed by atoms with E-state index in [1.807, 2.05) is 68.2 Å². The number of aliphatic hydroxyl groups excluding tert-OH is 3. The Morgan fingerprint density at radius 3 is 2.20 bits per heavy atom. The maximum atomic E-state index is 14.8. The number of aliphatic hydroxyl groups is 4. The summed E-state index contributed by atoms with van der Waals surface area (Å²) in [7, 11) is 4.62. The van der Waals surface area contributed by atoms with Crippen molar-refractivity contribution in [1.29, 1.82) is 0 Å². The number of Topliss-reactive ketones (excluding diaryl/α,β-unsaturated/α-hetero) is 2. The largest absolute Gasteiger partial charge is 0.460 e. The number of carbonyl (C=O) groups excluding carboxylic acids is 6. The summed E-state index contributed by atoms with van der Waals surface area (Å²) >= 11 is 0. The van der Waals surface area contributed by atoms with Crippen LogP contribution in [-0.4, -0.2) is 281 Å². The fourth-order valence-corrected chi connectivity index (χ4v) is 18.3. The number of cyclic esters (lactones) is 1. The van der Waals surface area contributed by atoms with Gasteiger partial charge in [0.05, 0.1) is 47.2 Å². The lowest BCUT2D eigenvalue weighted by Crippen LogP contribution is -2.61. The van der Waals surface area contributed by atoms with Gasteiger partial charge in [0.15, 0.2) is 23.6 Å². The number of aryl methyl sites for hydroxylation is 2. The number of allylic oxidation sites excluding steroid dienone is 5. The Bertz CT molecular complexity index is 4850. The van der Waals surface area contributed by atoms with Crippen LogP contribution in [0.15, 0.2) is 106 Å². The van der Waals surface area contributed by atoms with Gasteiger partial charge in [-0.2, -0.15) is 10.1 Å². The van der Waals surface area contributed by atoms with Gasteiger partial charge in [-0.1, -0.05) is 76.2 Å². The standard InChI is InChI=1S/C92H130N18O17/c1-56-19-12-11-13-20-57(2)74(121-8)48-68-28-23-62(7)92(120,127-68)83(116)87(118)109-33-16-14-21-70(109)88(119)125-75(59(4)45-63-25-29-71(112)76(46-63)122-9)49-72(113)58(3)44-61(6)81(115)82(123-10)79(60(5)43-56)104-124-54-67(111)27-24-64-50-96-90(97-51-64)108-41-39-106(40-42-108)77(114)22-18-32-105-35-37-107(38-36-105)91-98-52-66(53-99-91)86(117)95-31-15-17-34-110-85-78(84(93)100-55-101-85)80(103-110)65-26-30-73-69(47-65)102-89(94)126-73/h11-13,19-20,26,30,44,47,50-53,55-56,58-60,62-63,68,70-72,74-76,81-82,112-113,115,120H,14-18,21-25,27-29,31-43,45-46,48-49,54H2,1-10H3,(H2,94,102)(H,95,117)(H2,93,100,101)/b13-11+,19-12+,57-20+,61-44+,104-79?/t56-,58-,59-,60-,62-,63+,68+,70+,71-,72-,74+,75+,76-,81-,82+,92-/m1/s1. The Hall–Kier alpha value is -10.1. The lowest BCUT2D eigenvalue weighted by molar-refractivity contribution is -0.265. The van der Waals surface area contributed by atoms with Crippen LogP contribution in [0.3, 0.4) is 0 Å². The first-order chi connectivity index (χ1) is 61.1. The van der Waals surface area contributed by atoms with Gasteiger partial charge in [0, 0.05) is 167 Å². The molecular weight excluding hydrogens is 1630 g/mol. The number of hydrogen-bond acceptors (Lipinski definition) is 31. The molecule has 0 spiro atoms. The number of aromatic nitrogens is 9. The van der Waals surface area contributed by atoms with Gasteiger partial charge >= 0.3 is 5.97 Å². The predicted octanol–water partition coefficient (Wildman–Crippen LogP) is 8.13. The molecule has 690 valence electrons. The first-order valence-corrected chi connectivity index (χ1v) is 45.1. The highest BCUT2D eigenvalue weighted by molar-refractivity contribution is 6.39. The Kier molecular flexibility index (Phi) is 34.2. The molecule has 127 heavy (non-hydrogen) atoms. The highest BCUT2D eigenvalue weighted by atomic mass is 16.6. The van der Waals surface area contributed by atoms with Crippen LogP contribution < -0.4 is 26.6 Å². The maximum absolute atomic E-state index is 14.8. The number of oxazole rings is 1. The fraction of sp³-hybridized carbons (Fsp3) is 0.620. The molecule has 5 aromatic heterocycles. The van der Waals surface area contributed by atoms with Crippen molar-refractivity contribution in [3.63, 3.8) is 0 Å². The number of methoxy groups -OCH3 is 3. The second-order valence-electron chi connectivity index (χ2n) is 35.4. The average molecular weight is 1760 g/mol. The predicted molar refractivity (Wildman–Crippen MR) is 477 cm³/mol. The molecule has 5 fully saturated rings. The molecule has 9 N–H and O–H groups in total. The lowest BCUT2D eigenvalue weighted by Gasteiger charge is -2.43. The molecule has 1 aliphatic carbocycles. The van der Waals surface area contributed by atoms with Crippen LogP contribution in [-0.2, 0) is 65.5 Å². The highest BCUT2D eigenvalue weighted by Gasteiger charge is 2.53. The quantitative estimate of drug-likeness (QED) is 0.00934. The summed E-state index contributed by atoms with van der Waals surface area (Å²) in [5, 5.41) is 60.5. The topological polar surface area (TPSA) is 453 Å². The molecule has 2 bridgehead atoms. The number of oxime groups is 1. The second-order valence-corrected chi connectivity index (χ2v) is 35.4. The molecule has 1 saturated carbocycles. The van der Waals surface area contributed by atoms with E-state index < -0.39 is 84.1 Å². The molecule has 6 aromatic rings. The Labute approximate surface area is 742 Å². The number of rotatable bonds is 25. The summed E-state index contributed by atoms with van der Waals surface area (Å²) in [6, 6.07) is 4.39. The number of piperidine rings is 1. The molecule has 1 aromatic carbocycles. The van der Waals surface area contributed by atoms with Crippen molar-refractivity contribution in [2.75, 3.05) is 121 Å². The third-order valence-electron chi connectivity index (χ3n) is 26.1. The van der Waals surface area contributed by atoms with Crippen molar-refractivity contribution in [2.45, 2.75) is 231 Å². The van der Waals surface area contributed by atoms with E-state index in [1.54, 1.807) is 76.6 Å². The van der Waals surface area contributed by atoms with Crippen LogP contribution >= 0.6 is 0 Å². The van der Waals surface area contributed by atoms with E-state index in [0.717, 1.165) is 42.8 Å². The van der Waals surface area contributed by atoms with Crippen LogP contribution in [0.2, 0.25) is 0 Å². The number of fused-ring (bicyclic) bond motifs is 5. The van der Waals surface area contributed by atoms with Gasteiger partial charge in [0.25, 0.3) is 23.6 Å². The first-order valence-electron chi connectivity index (χ1n) is 45.1. The summed E-state index contributed by atoms with van der Waals surface area (Å²) in [6.45, 7) is 19.7. The van der Waals surface area contributed by atoms with Crippen LogP contribution in [0.1, 0.15) is 174 Å². The van der Waals surface area contributed by atoms with E-state index in [0.29, 0.717) is 198 Å². The molecule has 12 rings (SSSR count). The highest BCUT2D eigenvalue weighted by Crippen LogP contribution is 2.40. The number of nitrogens with zero attached hydrogens (tertiary/aromatic N) is 15. The number of benzene rings is 1. The number of nitrogens with one attached hydrogen (secondary N) is 1. The summed E-state index contributed by atoms with van der Waals surface area (Å²) < 4.78 is 37.7. The van der Waals surface area contributed by atoms with Gasteiger partial charge < -0.3 is 89.7 Å². The molecule has 0 radical (unpaired) electrons. The third-order valence-corrected chi connectivity index (χ3v) is 26.1. The van der Waals surface area contributed by atoms with Gasteiger partial charge in [-0.15, -0.1) is 0 Å². The number of unbranched alkanes of at least 4 members (excludes halogenated alkanes) is 1. The zero-order valence-electron chi connectivity index (χ0n) is 75.1. The minimum atomic E-state index is -2.47. The van der Waals surface area contributed by atoms with Crippen LogP contribution in [0, 0.1) is 35.5 Å². The molecule has 0 unspecified atom stereocenters. The van der Waals surface area contributed by atoms with E-state index in [1.165, 1.54) is 18.3 Å². The zero-order chi connectivity index (χ0) is 90.6. The van der Waals surface area contributed by atoms with Crippen LogP contribution in [0.25, 0.3) is 33.4 Å². The van der Waals surface area contributed by atoms with Crippen molar-refractivity contribution in [3.05, 3.63) is 108 Å². The molecular formula is C92H130N18O17. The fourth-order valence-electron chi connectivity index (χ4n) is 18.3. The van der Waals surface area contributed by atoms with E-state index in [2.05, 4.69) is 67.0 Å². The van der Waals surface area contributed by atoms with Crippen LogP contribution in [0.4, 0.5) is 23.7 Å². The van der Waals surface area contributed by atoms with Crippen molar-refractivity contribution in [1.82, 2.24) is 64.7 Å². The molecule has 6 aliphatic rings. The van der Waals surface area contributed by atoms with Crippen molar-refractivity contribution < 1.29 is 82.1 Å². The Morgan fingerprint density at radius 1 is 0.748 bits per heavy atom. The molecule has 3 amide bonds. The Morgan fingerprint density at radius 2 is 1.48 bits per heavy atom. The minimum absolute atomic E-state index is 0.0325. The monoisotopic (exact) mass is 1760 g/mol. The SMILES string of the molecule is CO[C@H]1C[C@@H]2CC[C@@H](C)[C@@](O)(O2)C(=O)C(=O)N2CCCC[C@H]2C(=O)O[C@H]([C@H](C)C[C@@H]2CC[C@@H](O)[C@H](OC)C2)C[C@@H](O)[C@H](C)/C=C(\C)[C@@H](O)[C@@H](OC)C(=NOCC(=O)CCc2cnc(N3CCN(C(=O)CCCN4CCN(c5ncc(C(=O)NCCCCn6nc(-c7ccc8oc(N)nc8c7)c7c(N)ncnc76)cn5)CC4)CC3)nc2)[C@H](C)C[C@H](C)/C=C/C=C/C=C/1C. The van der Waals surface area contributed by atoms with Crippen molar-refractivity contribution in [3.8, 4) is 11.3 Å². The van der Waals surface area contributed by atoms with Gasteiger partial charge in [-0.05, 0) is 163 Å². The molecule has 4 saturated heterocycles. The van der Waals surface area contributed by atoms with Crippen LogP contribution in [0.5, 0.6) is 0 Å². The number of hydrogen-bond donors (Lipinski definition) is 7. The molecule has 35 heteroatoms. The summed E-state index contributed by atoms with van der Waals surface area (Å²) in [6.07, 6.45) is 21.2. The van der Waals surface area contributed by atoms with Gasteiger partial charge in [-0.3, -0.25) is 28.9 Å². The summed E-state index contributed by atoms with van der Waals surface area (Å²) in [4.78, 5) is 131. The normalized spacial score (nSPS) is 28.9. The average Bonchev–Trinajstić information content (AvgIpc) is 1.74. The number of ketones is 2. The van der Waals surface area contributed by atoms with E-state index >= 15 is 0 Å². The van der Waals surface area contributed by atoms with E-state index in [-0.39, 0.29) is 92.2 Å². The zero-order valence-corrected chi connectivity index (χ0v) is 75.1. The number of esters is 1. The number of nitrogen functional groups attached to an aromatic ring is 2. The molecule has 35 nitrogen and oxygen atoms in total. The van der Waals surface area contributed by atoms with Crippen molar-refractivity contribution in [2.24, 2.45) is 40.7 Å². The second kappa shape index (κ2) is 45.2. The van der Waals surface area contributed by atoms with Gasteiger partial charge in [0.1, 0.15) is 47.7 Å².